The van der Waals surface area contributed by atoms with Crippen LogP contribution in [0.3, 0.4) is 0 Å². The van der Waals surface area contributed by atoms with Crippen LogP contribution >= 0.6 is 0 Å². The average Bonchev–Trinajstić information content (AvgIpc) is 3.38. The SMILES string of the molecule is CC(C)O[Si](OC(C)C)(OC(C)C)c1cc(NC(=O)[C@H](C)NC(=O)OCC2c3ccccc3-c3ccccc32)cc([Si](OC(C)C)(OC(C)C)OC(C)C)c1. The largest absolute Gasteiger partial charge is 0.537 e. The van der Waals surface area contributed by atoms with E-state index in [4.69, 9.17) is 31.3 Å². The number of amides is 2. The van der Waals surface area contributed by atoms with Crippen LogP contribution in [-0.4, -0.2) is 78.9 Å². The van der Waals surface area contributed by atoms with E-state index in [1.807, 2.05) is 113 Å². The fourth-order valence-electron chi connectivity index (χ4n) is 6.62. The van der Waals surface area contributed by atoms with E-state index >= 15 is 0 Å². The zero-order valence-corrected chi connectivity index (χ0v) is 36.9. The molecule has 0 bridgehead atoms. The molecule has 11 nitrogen and oxygen atoms in total. The van der Waals surface area contributed by atoms with E-state index in [-0.39, 0.29) is 49.1 Å². The molecule has 3 aromatic rings. The summed E-state index contributed by atoms with van der Waals surface area (Å²) in [6, 6.07) is 20.8. The van der Waals surface area contributed by atoms with Gasteiger partial charge in [0.15, 0.2) is 0 Å². The molecule has 0 heterocycles. The summed E-state index contributed by atoms with van der Waals surface area (Å²) in [6.45, 7) is 24.9. The van der Waals surface area contributed by atoms with Gasteiger partial charge in [-0.05, 0) is 130 Å². The van der Waals surface area contributed by atoms with Crippen molar-refractivity contribution >= 4 is 45.7 Å². The third-order valence-corrected chi connectivity index (χ3v) is 15.0. The Bertz CT molecular complexity index is 1590. The van der Waals surface area contributed by atoms with E-state index in [1.165, 1.54) is 0 Å². The van der Waals surface area contributed by atoms with Crippen molar-refractivity contribution in [1.29, 1.82) is 0 Å². The van der Waals surface area contributed by atoms with Gasteiger partial charge in [-0.2, -0.15) is 0 Å². The molecule has 0 fully saturated rings. The lowest BCUT2D eigenvalue weighted by molar-refractivity contribution is -0.117. The van der Waals surface area contributed by atoms with Gasteiger partial charge in [-0.1, -0.05) is 48.5 Å². The molecule has 4 rings (SSSR count). The van der Waals surface area contributed by atoms with Crippen molar-refractivity contribution in [2.75, 3.05) is 11.9 Å². The van der Waals surface area contributed by atoms with E-state index in [1.54, 1.807) is 19.1 Å². The van der Waals surface area contributed by atoms with Crippen molar-refractivity contribution in [2.45, 2.75) is 139 Å². The maximum Gasteiger partial charge on any atom is 0.537 e. The average molecular weight is 795 g/mol. The van der Waals surface area contributed by atoms with Crippen LogP contribution in [0.1, 0.15) is 107 Å². The maximum absolute atomic E-state index is 13.9. The number of fused-ring (bicyclic) bond motifs is 3. The minimum absolute atomic E-state index is 0.111. The van der Waals surface area contributed by atoms with E-state index in [0.29, 0.717) is 16.1 Å². The second-order valence-electron chi connectivity index (χ2n) is 15.6. The van der Waals surface area contributed by atoms with Gasteiger partial charge >= 0.3 is 23.7 Å². The van der Waals surface area contributed by atoms with Gasteiger partial charge in [0.2, 0.25) is 5.91 Å². The summed E-state index contributed by atoms with van der Waals surface area (Å²) in [5, 5.41) is 6.95. The maximum atomic E-state index is 13.9. The Hall–Kier alpha value is -3.41. The smallest absolute Gasteiger partial charge is 0.449 e. The molecular formula is C42H62N2O9Si2. The van der Waals surface area contributed by atoms with Crippen LogP contribution in [-0.2, 0) is 36.1 Å². The van der Waals surface area contributed by atoms with Gasteiger partial charge in [-0.25, -0.2) is 4.79 Å². The number of anilines is 1. The van der Waals surface area contributed by atoms with Gasteiger partial charge < -0.3 is 41.9 Å². The Morgan fingerprint density at radius 2 is 0.927 bits per heavy atom. The number of ether oxygens (including phenoxy) is 1. The number of benzene rings is 3. The first-order chi connectivity index (χ1) is 25.8. The van der Waals surface area contributed by atoms with Crippen molar-refractivity contribution in [3.05, 3.63) is 77.9 Å². The summed E-state index contributed by atoms with van der Waals surface area (Å²) in [5.74, 6) is -0.574. The van der Waals surface area contributed by atoms with Crippen LogP contribution in [0.5, 0.6) is 0 Å². The third kappa shape index (κ3) is 11.6. The number of alkyl carbamates (subject to hydrolysis) is 1. The molecule has 2 N–H and O–H groups in total. The molecule has 3 aromatic carbocycles. The lowest BCUT2D eigenvalue weighted by Crippen LogP contribution is -2.64. The van der Waals surface area contributed by atoms with E-state index < -0.39 is 35.7 Å². The van der Waals surface area contributed by atoms with Gasteiger partial charge in [-0.3, -0.25) is 4.79 Å². The first kappa shape index (κ1) is 44.3. The molecule has 1 aliphatic rings. The first-order valence-corrected chi connectivity index (χ1v) is 22.9. The van der Waals surface area contributed by atoms with Crippen LogP contribution in [0, 0.1) is 0 Å². The van der Waals surface area contributed by atoms with Crippen molar-refractivity contribution < 1.29 is 40.9 Å². The van der Waals surface area contributed by atoms with Crippen LogP contribution < -0.4 is 21.0 Å². The minimum Gasteiger partial charge on any atom is -0.449 e. The molecular weight excluding hydrogens is 733 g/mol. The van der Waals surface area contributed by atoms with Crippen molar-refractivity contribution in [1.82, 2.24) is 5.32 Å². The Morgan fingerprint density at radius 3 is 1.29 bits per heavy atom. The predicted molar refractivity (Wildman–Crippen MR) is 221 cm³/mol. The summed E-state index contributed by atoms with van der Waals surface area (Å²) >= 11 is 0. The predicted octanol–water partition coefficient (Wildman–Crippen LogP) is 7.39. The lowest BCUT2D eigenvalue weighted by Gasteiger charge is -2.37. The van der Waals surface area contributed by atoms with Crippen molar-refractivity contribution in [3.8, 4) is 11.1 Å². The van der Waals surface area contributed by atoms with Crippen LogP contribution in [0.25, 0.3) is 11.1 Å². The quantitative estimate of drug-likeness (QED) is 0.120. The summed E-state index contributed by atoms with van der Waals surface area (Å²) in [4.78, 5) is 27.1. The molecule has 1 aliphatic carbocycles. The zero-order chi connectivity index (χ0) is 40.7. The molecule has 0 saturated carbocycles. The third-order valence-electron chi connectivity index (χ3n) is 8.32. The minimum atomic E-state index is -3.69. The molecule has 2 amide bonds. The van der Waals surface area contributed by atoms with Gasteiger partial charge in [0.1, 0.15) is 12.6 Å². The second kappa shape index (κ2) is 19.2. The molecule has 0 radical (unpaired) electrons. The lowest BCUT2D eigenvalue weighted by atomic mass is 9.98. The molecule has 0 unspecified atom stereocenters. The van der Waals surface area contributed by atoms with Crippen LogP contribution in [0.15, 0.2) is 66.7 Å². The summed E-state index contributed by atoms with van der Waals surface area (Å²) in [7, 11) is -7.37. The Kier molecular flexibility index (Phi) is 15.4. The van der Waals surface area contributed by atoms with Crippen LogP contribution in [0.4, 0.5) is 10.5 Å². The molecule has 1 atom stereocenters. The number of hydrogen-bond acceptors (Lipinski definition) is 9. The summed E-state index contributed by atoms with van der Waals surface area (Å²) < 4.78 is 45.5. The summed E-state index contributed by atoms with van der Waals surface area (Å²) in [6.07, 6.45) is -2.20. The molecule has 0 saturated heterocycles. The van der Waals surface area contributed by atoms with E-state index in [2.05, 4.69) is 34.9 Å². The zero-order valence-electron chi connectivity index (χ0n) is 34.9. The molecule has 0 spiro atoms. The number of carbonyl (C=O) groups is 2. The number of rotatable bonds is 19. The highest BCUT2D eigenvalue weighted by atomic mass is 28.4. The number of hydrogen-bond donors (Lipinski definition) is 2. The summed E-state index contributed by atoms with van der Waals surface area (Å²) in [5.41, 5.74) is 4.88. The number of carbonyl (C=O) groups excluding carboxylic acids is 2. The topological polar surface area (TPSA) is 123 Å². The second-order valence-corrected chi connectivity index (χ2v) is 20.4. The first-order valence-electron chi connectivity index (χ1n) is 19.5. The fraction of sp³-hybridized carbons (Fsp3) is 0.524. The fourth-order valence-corrected chi connectivity index (χ4v) is 13.0. The van der Waals surface area contributed by atoms with E-state index in [9.17, 15) is 9.59 Å². The monoisotopic (exact) mass is 794 g/mol. The Balaban J connectivity index is 1.69. The molecule has 302 valence electrons. The van der Waals surface area contributed by atoms with Crippen molar-refractivity contribution in [2.24, 2.45) is 0 Å². The highest BCUT2D eigenvalue weighted by Crippen LogP contribution is 2.44. The highest BCUT2D eigenvalue weighted by molar-refractivity contribution is 6.79. The molecule has 55 heavy (non-hydrogen) atoms. The Labute approximate surface area is 330 Å². The van der Waals surface area contributed by atoms with Crippen LogP contribution in [0.2, 0.25) is 0 Å². The van der Waals surface area contributed by atoms with Gasteiger partial charge in [-0.15, -0.1) is 0 Å². The molecule has 13 heteroatoms. The van der Waals surface area contributed by atoms with E-state index in [0.717, 1.165) is 22.3 Å². The normalized spacial score (nSPS) is 13.9. The molecule has 0 aliphatic heterocycles. The number of nitrogens with one attached hydrogen (secondary N) is 2. The van der Waals surface area contributed by atoms with Gasteiger partial charge in [0, 0.05) is 58.6 Å². The standard InChI is InChI=1S/C42H62N2O9Si2/c1-26(2)48-54(49-27(3)4,50-28(5)6)34-22-33(23-35(24-34)55(51-29(7)8,52-30(9)10)53-31(11)12)44-41(45)32(13)43-42(46)47-25-40-38-20-16-14-18-36(38)37-19-15-17-21-39(37)40/h14-24,26-32,40H,25H2,1-13H3,(H,43,46)(H,44,45)/t32-/m0/s1. The van der Waals surface area contributed by atoms with Gasteiger partial charge in [0.05, 0.1) is 0 Å². The molecule has 0 aromatic heterocycles. The van der Waals surface area contributed by atoms with Gasteiger partial charge in [0.25, 0.3) is 0 Å². The highest BCUT2D eigenvalue weighted by Gasteiger charge is 2.51. The Morgan fingerprint density at radius 1 is 0.564 bits per heavy atom. The van der Waals surface area contributed by atoms with Crippen molar-refractivity contribution in [3.63, 3.8) is 0 Å².